The number of phenols is 1. The summed E-state index contributed by atoms with van der Waals surface area (Å²) >= 11 is 0. The molecule has 2 heterocycles. The summed E-state index contributed by atoms with van der Waals surface area (Å²) in [7, 11) is 5.97. The van der Waals surface area contributed by atoms with Crippen LogP contribution in [0.1, 0.15) is 28.3 Å². The van der Waals surface area contributed by atoms with Crippen molar-refractivity contribution < 1.29 is 28.8 Å². The highest BCUT2D eigenvalue weighted by atomic mass is 16.5. The van der Waals surface area contributed by atoms with Crippen molar-refractivity contribution in [3.05, 3.63) is 80.6 Å². The molecule has 1 aromatic heterocycles. The zero-order chi connectivity index (χ0) is 26.9. The number of nitrogens with zero attached hydrogens (tertiary/aromatic N) is 2. The van der Waals surface area contributed by atoms with Crippen LogP contribution in [0.2, 0.25) is 0 Å². The van der Waals surface area contributed by atoms with Gasteiger partial charge >= 0.3 is 0 Å². The van der Waals surface area contributed by atoms with Gasteiger partial charge in [0.1, 0.15) is 17.4 Å². The number of ether oxygens (including phenoxy) is 5. The van der Waals surface area contributed by atoms with Gasteiger partial charge in [-0.3, -0.25) is 4.79 Å². The fourth-order valence-corrected chi connectivity index (χ4v) is 4.50. The third-order valence-electron chi connectivity index (χ3n) is 6.29. The molecule has 0 spiro atoms. The molecule has 37 heavy (non-hydrogen) atoms. The van der Waals surface area contributed by atoms with Gasteiger partial charge in [-0.1, -0.05) is 6.07 Å². The Morgan fingerprint density at radius 3 is 2.24 bits per heavy atom. The van der Waals surface area contributed by atoms with E-state index in [9.17, 15) is 15.2 Å². The van der Waals surface area contributed by atoms with E-state index in [0.717, 1.165) is 5.56 Å². The smallest absolute Gasteiger partial charge is 0.259 e. The second-order valence-electron chi connectivity index (χ2n) is 8.34. The van der Waals surface area contributed by atoms with Gasteiger partial charge in [-0.15, -0.1) is 0 Å². The predicted octanol–water partition coefficient (Wildman–Crippen LogP) is 3.16. The molecule has 0 fully saturated rings. The molecule has 0 aliphatic carbocycles. The van der Waals surface area contributed by atoms with Gasteiger partial charge in [-0.05, 0) is 42.3 Å². The molecule has 0 saturated carbocycles. The predicted molar refractivity (Wildman–Crippen MR) is 135 cm³/mol. The number of fused-ring (bicyclic) bond motifs is 1. The molecule has 3 aromatic rings. The fourth-order valence-electron chi connectivity index (χ4n) is 4.50. The van der Waals surface area contributed by atoms with Crippen LogP contribution in [0.25, 0.3) is 0 Å². The first-order valence-electron chi connectivity index (χ1n) is 11.3. The van der Waals surface area contributed by atoms with E-state index >= 15 is 0 Å². The first-order chi connectivity index (χ1) is 17.8. The average Bonchev–Trinajstić information content (AvgIpc) is 2.89. The Morgan fingerprint density at radius 2 is 1.68 bits per heavy atom. The molecular weight excluding hydrogens is 478 g/mol. The second-order valence-corrected chi connectivity index (χ2v) is 8.34. The van der Waals surface area contributed by atoms with Crippen LogP contribution in [-0.2, 0) is 6.54 Å². The zero-order valence-corrected chi connectivity index (χ0v) is 21.1. The minimum atomic E-state index is -0.831. The van der Waals surface area contributed by atoms with Crippen LogP contribution < -0.4 is 35.0 Å². The van der Waals surface area contributed by atoms with Crippen molar-refractivity contribution in [3.8, 4) is 40.6 Å². The largest absolute Gasteiger partial charge is 0.504 e. The molecule has 4 rings (SSSR count). The minimum Gasteiger partial charge on any atom is -0.504 e. The van der Waals surface area contributed by atoms with E-state index in [4.69, 9.17) is 29.4 Å². The van der Waals surface area contributed by atoms with Crippen molar-refractivity contribution in [3.63, 3.8) is 0 Å². The van der Waals surface area contributed by atoms with Gasteiger partial charge in [-0.25, -0.2) is 0 Å². The van der Waals surface area contributed by atoms with Gasteiger partial charge in [0.25, 0.3) is 5.56 Å². The van der Waals surface area contributed by atoms with E-state index in [1.54, 1.807) is 41.8 Å². The van der Waals surface area contributed by atoms with E-state index in [-0.39, 0.29) is 46.4 Å². The normalized spacial score (nSPS) is 14.3. The number of methoxy groups -OCH3 is 4. The molecule has 10 nitrogen and oxygen atoms in total. The van der Waals surface area contributed by atoms with E-state index in [1.807, 2.05) is 0 Å². The van der Waals surface area contributed by atoms with Gasteiger partial charge in [0.15, 0.2) is 23.0 Å². The molecule has 3 N–H and O–H groups in total. The quantitative estimate of drug-likeness (QED) is 0.496. The van der Waals surface area contributed by atoms with E-state index < -0.39 is 5.92 Å². The fraction of sp³-hybridized carbons (Fsp3) is 0.259. The summed E-state index contributed by atoms with van der Waals surface area (Å²) in [5, 5.41) is 20.0. The highest BCUT2D eigenvalue weighted by molar-refractivity contribution is 5.58. The summed E-state index contributed by atoms with van der Waals surface area (Å²) in [6, 6.07) is 12.0. The van der Waals surface area contributed by atoms with Crippen LogP contribution in [0.5, 0.6) is 34.5 Å². The van der Waals surface area contributed by atoms with Crippen LogP contribution in [0, 0.1) is 18.3 Å². The lowest BCUT2D eigenvalue weighted by Gasteiger charge is -2.27. The van der Waals surface area contributed by atoms with Crippen LogP contribution in [0.4, 0.5) is 0 Å². The summed E-state index contributed by atoms with van der Waals surface area (Å²) in [6.45, 7) is 1.96. The third kappa shape index (κ3) is 4.36. The van der Waals surface area contributed by atoms with E-state index in [2.05, 4.69) is 6.07 Å². The molecule has 10 heteroatoms. The standard InChI is InChI=1S/C27H27N3O7/c1-14-8-20-24(23(17(12-28)26(29)37-20)16-6-7-18(31)19(11-16)33-2)27(32)30(14)13-15-9-21(34-3)25(36-5)22(10-15)35-4/h6-11,23,31H,13,29H2,1-5H3. The number of hydrogen-bond acceptors (Lipinski definition) is 9. The highest BCUT2D eigenvalue weighted by Gasteiger charge is 2.35. The Balaban J connectivity index is 1.91. The number of pyridine rings is 1. The molecule has 1 aliphatic heterocycles. The number of allylic oxidation sites excluding steroid dienone is 1. The topological polar surface area (TPSA) is 138 Å². The molecular formula is C27H27N3O7. The van der Waals surface area contributed by atoms with Crippen molar-refractivity contribution in [1.29, 1.82) is 5.26 Å². The third-order valence-corrected chi connectivity index (χ3v) is 6.29. The summed E-state index contributed by atoms with van der Waals surface area (Å²) < 4.78 is 28.8. The lowest BCUT2D eigenvalue weighted by atomic mass is 9.84. The number of hydrogen-bond donors (Lipinski definition) is 2. The molecule has 1 atom stereocenters. The molecule has 2 aromatic carbocycles. The summed E-state index contributed by atoms with van der Waals surface area (Å²) in [5.41, 5.74) is 7.95. The van der Waals surface area contributed by atoms with Crippen molar-refractivity contribution in [1.82, 2.24) is 4.57 Å². The van der Waals surface area contributed by atoms with Crippen molar-refractivity contribution in [2.24, 2.45) is 5.73 Å². The number of aromatic hydroxyl groups is 1. The first-order valence-corrected chi connectivity index (χ1v) is 11.3. The van der Waals surface area contributed by atoms with Crippen molar-refractivity contribution >= 4 is 0 Å². The van der Waals surface area contributed by atoms with Crippen LogP contribution in [-0.4, -0.2) is 38.1 Å². The monoisotopic (exact) mass is 505 g/mol. The minimum absolute atomic E-state index is 0.0716. The summed E-state index contributed by atoms with van der Waals surface area (Å²) in [5.74, 6) is 0.829. The number of nitriles is 1. The Bertz CT molecular complexity index is 1480. The van der Waals surface area contributed by atoms with E-state index in [1.165, 1.54) is 34.5 Å². The van der Waals surface area contributed by atoms with Crippen LogP contribution in [0.3, 0.4) is 0 Å². The molecule has 1 unspecified atom stereocenters. The molecule has 0 bridgehead atoms. The summed E-state index contributed by atoms with van der Waals surface area (Å²) in [6.07, 6.45) is 0. The number of nitrogens with two attached hydrogens (primary N) is 1. The van der Waals surface area contributed by atoms with Gasteiger partial charge in [0.05, 0.1) is 46.5 Å². The lowest BCUT2D eigenvalue weighted by Crippen LogP contribution is -2.33. The second kappa shape index (κ2) is 10.1. The van der Waals surface area contributed by atoms with Crippen LogP contribution >= 0.6 is 0 Å². The molecule has 0 amide bonds. The number of rotatable bonds is 7. The number of phenolic OH excluding ortho intramolecular Hbond substituents is 1. The highest BCUT2D eigenvalue weighted by Crippen LogP contribution is 2.43. The molecule has 0 saturated heterocycles. The SMILES string of the molecule is COc1cc(C2C(C#N)=C(N)Oc3cc(C)n(Cc4cc(OC)c(OC)c(OC)c4)c(=O)c32)ccc1O. The summed E-state index contributed by atoms with van der Waals surface area (Å²) in [4.78, 5) is 14.0. The van der Waals surface area contributed by atoms with Crippen molar-refractivity contribution in [2.45, 2.75) is 19.4 Å². The van der Waals surface area contributed by atoms with Gasteiger partial charge in [-0.2, -0.15) is 5.26 Å². The Kier molecular flexibility index (Phi) is 6.89. The molecule has 192 valence electrons. The zero-order valence-electron chi connectivity index (χ0n) is 21.1. The van der Waals surface area contributed by atoms with E-state index in [0.29, 0.717) is 28.5 Å². The molecule has 1 aliphatic rings. The lowest BCUT2D eigenvalue weighted by molar-refractivity contribution is 0.323. The number of aromatic nitrogens is 1. The van der Waals surface area contributed by atoms with Gasteiger partial charge < -0.3 is 39.1 Å². The maximum atomic E-state index is 14.0. The Hall–Kier alpha value is -4.78. The average molecular weight is 506 g/mol. The van der Waals surface area contributed by atoms with Crippen molar-refractivity contribution in [2.75, 3.05) is 28.4 Å². The van der Waals surface area contributed by atoms with Crippen LogP contribution in [0.15, 0.2) is 52.6 Å². The maximum Gasteiger partial charge on any atom is 0.259 e. The Labute approximate surface area is 213 Å². The first kappa shape index (κ1) is 25.3. The Morgan fingerprint density at radius 1 is 1.03 bits per heavy atom. The maximum absolute atomic E-state index is 14.0. The molecule has 0 radical (unpaired) electrons. The van der Waals surface area contributed by atoms with Gasteiger partial charge in [0, 0.05) is 11.8 Å². The number of benzene rings is 2. The number of aryl methyl sites for hydroxylation is 1. The van der Waals surface area contributed by atoms with Gasteiger partial charge in [0.2, 0.25) is 11.6 Å².